The molecule has 2 aromatic rings. The van der Waals surface area contributed by atoms with Gasteiger partial charge >= 0.3 is 12.1 Å². The Kier molecular flexibility index (Phi) is 4.95. The van der Waals surface area contributed by atoms with Crippen molar-refractivity contribution in [3.05, 3.63) is 47.3 Å². The van der Waals surface area contributed by atoms with Gasteiger partial charge in [0.25, 0.3) is 5.91 Å². The van der Waals surface area contributed by atoms with Gasteiger partial charge in [0.15, 0.2) is 5.69 Å². The Morgan fingerprint density at radius 2 is 1.96 bits per heavy atom. The fourth-order valence-electron chi connectivity index (χ4n) is 3.09. The number of aromatic carboxylic acids is 1. The number of halogens is 3. The van der Waals surface area contributed by atoms with Gasteiger partial charge in [-0.25, -0.2) is 9.48 Å². The van der Waals surface area contributed by atoms with Crippen LogP contribution in [0.3, 0.4) is 0 Å². The van der Waals surface area contributed by atoms with Gasteiger partial charge in [-0.3, -0.25) is 4.79 Å². The van der Waals surface area contributed by atoms with Gasteiger partial charge in [0, 0.05) is 11.6 Å². The first-order chi connectivity index (χ1) is 12.7. The molecule has 1 fully saturated rings. The summed E-state index contributed by atoms with van der Waals surface area (Å²) in [5.41, 5.74) is -1.96. The quantitative estimate of drug-likeness (QED) is 0.802. The van der Waals surface area contributed by atoms with Crippen molar-refractivity contribution in [3.8, 4) is 5.69 Å². The molecule has 2 N–H and O–H groups in total. The maximum atomic E-state index is 13.3. The first kappa shape index (κ1) is 18.9. The van der Waals surface area contributed by atoms with Gasteiger partial charge in [0.1, 0.15) is 5.56 Å². The standard InChI is InChI=1S/C18H18F3N3O3/c1-2-3-11-8-14(11)23-16(25)10-4-6-12(7-5-10)24-15(18(19,20)21)13(9-22-24)17(26)27/h4-7,9,11,14H,2-3,8H2,1H3,(H,23,25)(H,26,27). The first-order valence-corrected chi connectivity index (χ1v) is 8.52. The Labute approximate surface area is 153 Å². The highest BCUT2D eigenvalue weighted by molar-refractivity contribution is 5.94. The molecule has 27 heavy (non-hydrogen) atoms. The fraction of sp³-hybridized carbons (Fsp3) is 0.389. The summed E-state index contributed by atoms with van der Waals surface area (Å²) in [4.78, 5) is 23.3. The van der Waals surface area contributed by atoms with E-state index in [2.05, 4.69) is 17.3 Å². The number of nitrogens with one attached hydrogen (secondary N) is 1. The predicted octanol–water partition coefficient (Wildman–Crippen LogP) is 3.51. The van der Waals surface area contributed by atoms with Gasteiger partial charge in [0.2, 0.25) is 0 Å². The minimum absolute atomic E-state index is 0.0154. The third-order valence-electron chi connectivity index (χ3n) is 4.54. The third kappa shape index (κ3) is 3.96. The van der Waals surface area contributed by atoms with E-state index in [1.54, 1.807) is 0 Å². The van der Waals surface area contributed by atoms with Gasteiger partial charge in [-0.1, -0.05) is 13.3 Å². The summed E-state index contributed by atoms with van der Waals surface area (Å²) < 4.78 is 40.3. The molecule has 1 aliphatic rings. The molecule has 1 aromatic heterocycles. The fourth-order valence-corrected chi connectivity index (χ4v) is 3.09. The zero-order valence-electron chi connectivity index (χ0n) is 14.5. The van der Waals surface area contributed by atoms with Crippen molar-refractivity contribution < 1.29 is 27.9 Å². The topological polar surface area (TPSA) is 84.2 Å². The molecule has 0 saturated heterocycles. The van der Waals surface area contributed by atoms with E-state index < -0.39 is 23.4 Å². The molecule has 2 unspecified atom stereocenters. The number of carboxylic acids is 1. The molecule has 0 radical (unpaired) electrons. The first-order valence-electron chi connectivity index (χ1n) is 8.52. The molecule has 0 spiro atoms. The lowest BCUT2D eigenvalue weighted by molar-refractivity contribution is -0.143. The Bertz CT molecular complexity index is 859. The lowest BCUT2D eigenvalue weighted by Gasteiger charge is -2.12. The van der Waals surface area contributed by atoms with E-state index in [0.29, 0.717) is 22.4 Å². The highest BCUT2D eigenvalue weighted by Crippen LogP contribution is 2.35. The van der Waals surface area contributed by atoms with Crippen molar-refractivity contribution in [1.82, 2.24) is 15.1 Å². The van der Waals surface area contributed by atoms with Crippen molar-refractivity contribution in [2.45, 2.75) is 38.4 Å². The lowest BCUT2D eigenvalue weighted by Crippen LogP contribution is -2.26. The second-order valence-electron chi connectivity index (χ2n) is 6.53. The number of carboxylic acid groups (broad SMARTS) is 1. The van der Waals surface area contributed by atoms with E-state index in [-0.39, 0.29) is 17.6 Å². The summed E-state index contributed by atoms with van der Waals surface area (Å²) in [6.45, 7) is 2.08. The monoisotopic (exact) mass is 381 g/mol. The van der Waals surface area contributed by atoms with Gasteiger partial charge in [-0.05, 0) is 43.0 Å². The second-order valence-corrected chi connectivity index (χ2v) is 6.53. The number of amides is 1. The maximum Gasteiger partial charge on any atom is 0.434 e. The van der Waals surface area contributed by atoms with Crippen molar-refractivity contribution in [2.75, 3.05) is 0 Å². The number of alkyl halides is 3. The molecule has 2 atom stereocenters. The summed E-state index contributed by atoms with van der Waals surface area (Å²) in [6, 6.07) is 5.55. The number of benzene rings is 1. The minimum atomic E-state index is -4.89. The van der Waals surface area contributed by atoms with Crippen LogP contribution < -0.4 is 5.32 Å². The van der Waals surface area contributed by atoms with E-state index in [1.807, 2.05) is 0 Å². The molecule has 1 heterocycles. The van der Waals surface area contributed by atoms with Crippen LogP contribution in [0.1, 0.15) is 52.6 Å². The number of carbonyl (C=O) groups excluding carboxylic acids is 1. The largest absolute Gasteiger partial charge is 0.478 e. The van der Waals surface area contributed by atoms with Crippen molar-refractivity contribution >= 4 is 11.9 Å². The smallest absolute Gasteiger partial charge is 0.434 e. The number of nitrogens with zero attached hydrogens (tertiary/aromatic N) is 2. The van der Waals surface area contributed by atoms with Crippen LogP contribution in [0.4, 0.5) is 13.2 Å². The molecule has 9 heteroatoms. The van der Waals surface area contributed by atoms with Crippen LogP contribution in [0, 0.1) is 5.92 Å². The molecule has 6 nitrogen and oxygen atoms in total. The van der Waals surface area contributed by atoms with Crippen molar-refractivity contribution in [2.24, 2.45) is 5.92 Å². The maximum absolute atomic E-state index is 13.3. The van der Waals surface area contributed by atoms with E-state index in [0.717, 1.165) is 19.3 Å². The van der Waals surface area contributed by atoms with Gasteiger partial charge < -0.3 is 10.4 Å². The predicted molar refractivity (Wildman–Crippen MR) is 89.8 cm³/mol. The molecule has 3 rings (SSSR count). The third-order valence-corrected chi connectivity index (χ3v) is 4.54. The summed E-state index contributed by atoms with van der Waals surface area (Å²) >= 11 is 0. The Hall–Kier alpha value is -2.84. The second kappa shape index (κ2) is 7.05. The number of hydrogen-bond donors (Lipinski definition) is 2. The van der Waals surface area contributed by atoms with Crippen LogP contribution in [0.2, 0.25) is 0 Å². The number of rotatable bonds is 6. The zero-order chi connectivity index (χ0) is 19.8. The average Bonchev–Trinajstić information content (AvgIpc) is 3.15. The van der Waals surface area contributed by atoms with Crippen LogP contribution >= 0.6 is 0 Å². The van der Waals surface area contributed by atoms with Gasteiger partial charge in [-0.2, -0.15) is 18.3 Å². The van der Waals surface area contributed by atoms with Crippen LogP contribution in [-0.4, -0.2) is 32.8 Å². The molecule has 144 valence electrons. The molecule has 1 aliphatic carbocycles. The minimum Gasteiger partial charge on any atom is -0.478 e. The highest BCUT2D eigenvalue weighted by Gasteiger charge is 2.41. The van der Waals surface area contributed by atoms with Crippen LogP contribution in [-0.2, 0) is 6.18 Å². The SMILES string of the molecule is CCCC1CC1NC(=O)c1ccc(-n2ncc(C(=O)O)c2C(F)(F)F)cc1. The van der Waals surface area contributed by atoms with Crippen LogP contribution in [0.15, 0.2) is 30.5 Å². The molecular weight excluding hydrogens is 363 g/mol. The van der Waals surface area contributed by atoms with E-state index >= 15 is 0 Å². The Morgan fingerprint density at radius 3 is 2.52 bits per heavy atom. The van der Waals surface area contributed by atoms with E-state index in [9.17, 15) is 22.8 Å². The van der Waals surface area contributed by atoms with Crippen LogP contribution in [0.25, 0.3) is 5.69 Å². The number of aromatic nitrogens is 2. The molecule has 1 saturated carbocycles. The lowest BCUT2D eigenvalue weighted by atomic mass is 10.1. The summed E-state index contributed by atoms with van der Waals surface area (Å²) in [6.07, 6.45) is -1.18. The van der Waals surface area contributed by atoms with Crippen molar-refractivity contribution in [3.63, 3.8) is 0 Å². The van der Waals surface area contributed by atoms with E-state index in [1.165, 1.54) is 24.3 Å². The zero-order valence-corrected chi connectivity index (χ0v) is 14.5. The summed E-state index contributed by atoms with van der Waals surface area (Å²) in [5, 5.41) is 15.4. The number of carbonyl (C=O) groups is 2. The molecule has 1 amide bonds. The van der Waals surface area contributed by atoms with Gasteiger partial charge in [-0.15, -0.1) is 0 Å². The van der Waals surface area contributed by atoms with E-state index in [4.69, 9.17) is 5.11 Å². The molecule has 0 bridgehead atoms. The summed E-state index contributed by atoms with van der Waals surface area (Å²) in [5.74, 6) is -1.50. The normalized spacial score (nSPS) is 19.0. The molecular formula is C18H18F3N3O3. The highest BCUT2D eigenvalue weighted by atomic mass is 19.4. The van der Waals surface area contributed by atoms with Crippen molar-refractivity contribution in [1.29, 1.82) is 0 Å². The van der Waals surface area contributed by atoms with Gasteiger partial charge in [0.05, 0.1) is 11.9 Å². The number of hydrogen-bond acceptors (Lipinski definition) is 3. The summed E-state index contributed by atoms with van der Waals surface area (Å²) in [7, 11) is 0. The van der Waals surface area contributed by atoms with Crippen LogP contribution in [0.5, 0.6) is 0 Å². The molecule has 1 aromatic carbocycles. The molecule has 0 aliphatic heterocycles. The Balaban J connectivity index is 1.80. The Morgan fingerprint density at radius 1 is 1.30 bits per heavy atom. The average molecular weight is 381 g/mol.